The van der Waals surface area contributed by atoms with E-state index in [1.54, 1.807) is 0 Å². The Labute approximate surface area is 105 Å². The predicted octanol–water partition coefficient (Wildman–Crippen LogP) is 3.44. The summed E-state index contributed by atoms with van der Waals surface area (Å²) in [5.74, 6) is 4.08. The van der Waals surface area contributed by atoms with Crippen LogP contribution in [0.2, 0.25) is 0 Å². The summed E-state index contributed by atoms with van der Waals surface area (Å²) in [6, 6.07) is 0.647. The summed E-state index contributed by atoms with van der Waals surface area (Å²) in [6.07, 6.45) is 12.6. The van der Waals surface area contributed by atoms with Crippen molar-refractivity contribution in [3.05, 3.63) is 0 Å². The van der Waals surface area contributed by atoms with Gasteiger partial charge >= 0.3 is 0 Å². The lowest BCUT2D eigenvalue weighted by Crippen LogP contribution is -2.45. The number of hydrogen-bond donors (Lipinski definition) is 1. The lowest BCUT2D eigenvalue weighted by atomic mass is 9.92. The molecule has 2 heteroatoms. The van der Waals surface area contributed by atoms with Crippen LogP contribution in [0.25, 0.3) is 0 Å². The molecule has 1 aliphatic rings. The summed E-state index contributed by atoms with van der Waals surface area (Å²) < 4.78 is 0.448. The van der Waals surface area contributed by atoms with Crippen LogP contribution in [-0.4, -0.2) is 23.1 Å². The molecule has 92 valence electrons. The normalized spacial score (nSPS) is 26.6. The Balaban J connectivity index is 2.45. The molecule has 1 heterocycles. The average Bonchev–Trinajstić information content (AvgIpc) is 2.71. The summed E-state index contributed by atoms with van der Waals surface area (Å²) in [5, 5.41) is 3.72. The van der Waals surface area contributed by atoms with Crippen molar-refractivity contribution in [3.63, 3.8) is 0 Å². The van der Waals surface area contributed by atoms with Crippen LogP contribution in [0.1, 0.15) is 52.4 Å². The molecule has 1 fully saturated rings. The molecule has 0 radical (unpaired) electrons. The highest BCUT2D eigenvalue weighted by molar-refractivity contribution is 8.00. The molecule has 1 rings (SSSR count). The number of terminal acetylenes is 1. The van der Waals surface area contributed by atoms with Gasteiger partial charge < -0.3 is 5.32 Å². The molecule has 0 amide bonds. The Morgan fingerprint density at radius 3 is 2.94 bits per heavy atom. The van der Waals surface area contributed by atoms with Crippen LogP contribution in [-0.2, 0) is 0 Å². The third kappa shape index (κ3) is 4.03. The Kier molecular flexibility index (Phi) is 6.31. The highest BCUT2D eigenvalue weighted by Gasteiger charge is 2.36. The molecule has 0 aliphatic carbocycles. The molecule has 1 aliphatic heterocycles. The summed E-state index contributed by atoms with van der Waals surface area (Å²) in [5.41, 5.74) is 0. The highest BCUT2D eigenvalue weighted by atomic mass is 32.2. The highest BCUT2D eigenvalue weighted by Crippen LogP contribution is 2.41. The maximum atomic E-state index is 5.33. The van der Waals surface area contributed by atoms with E-state index >= 15 is 0 Å². The molecule has 16 heavy (non-hydrogen) atoms. The molecular formula is C14H25NS. The van der Waals surface area contributed by atoms with Crippen molar-refractivity contribution in [2.24, 2.45) is 0 Å². The molecule has 0 saturated carbocycles. The lowest BCUT2D eigenvalue weighted by molar-refractivity contribution is 0.375. The van der Waals surface area contributed by atoms with E-state index in [0.29, 0.717) is 10.8 Å². The van der Waals surface area contributed by atoms with E-state index in [2.05, 4.69) is 36.8 Å². The number of hydrogen-bond acceptors (Lipinski definition) is 2. The monoisotopic (exact) mass is 239 g/mol. The summed E-state index contributed by atoms with van der Waals surface area (Å²) in [7, 11) is 0. The molecule has 1 nitrogen and oxygen atoms in total. The van der Waals surface area contributed by atoms with Crippen LogP contribution in [0.15, 0.2) is 0 Å². The first kappa shape index (κ1) is 13.9. The largest absolute Gasteiger partial charge is 0.313 e. The van der Waals surface area contributed by atoms with Crippen molar-refractivity contribution in [3.8, 4) is 12.3 Å². The second-order valence-electron chi connectivity index (χ2n) is 4.87. The standard InChI is InChI=1S/C14H25NS/c1-4-6-7-9-13(15-11-5-2)14(3)10-8-12-16-14/h1,13,15H,5-12H2,2-3H3. The van der Waals surface area contributed by atoms with Crippen LogP contribution in [0.3, 0.4) is 0 Å². The predicted molar refractivity (Wildman–Crippen MR) is 74.9 cm³/mol. The van der Waals surface area contributed by atoms with E-state index in [1.807, 2.05) is 0 Å². The number of rotatable bonds is 7. The van der Waals surface area contributed by atoms with Gasteiger partial charge in [0.25, 0.3) is 0 Å². The van der Waals surface area contributed by atoms with Gasteiger partial charge in [0.1, 0.15) is 0 Å². The van der Waals surface area contributed by atoms with Crippen LogP contribution in [0.5, 0.6) is 0 Å². The summed E-state index contributed by atoms with van der Waals surface area (Å²) in [6.45, 7) is 5.79. The Morgan fingerprint density at radius 2 is 2.38 bits per heavy atom. The minimum Gasteiger partial charge on any atom is -0.313 e. The van der Waals surface area contributed by atoms with Gasteiger partial charge in [-0.25, -0.2) is 0 Å². The van der Waals surface area contributed by atoms with E-state index in [0.717, 1.165) is 19.4 Å². The van der Waals surface area contributed by atoms with Gasteiger partial charge in [0, 0.05) is 17.2 Å². The molecular weight excluding hydrogens is 214 g/mol. The van der Waals surface area contributed by atoms with Gasteiger partial charge in [0.05, 0.1) is 0 Å². The first-order valence-corrected chi connectivity index (χ1v) is 7.52. The van der Waals surface area contributed by atoms with Crippen molar-refractivity contribution in [1.29, 1.82) is 0 Å². The first-order valence-electron chi connectivity index (χ1n) is 6.53. The van der Waals surface area contributed by atoms with Crippen molar-refractivity contribution < 1.29 is 0 Å². The zero-order chi connectivity index (χ0) is 11.9. The third-order valence-electron chi connectivity index (χ3n) is 3.44. The zero-order valence-corrected chi connectivity index (χ0v) is 11.5. The number of unbranched alkanes of at least 4 members (excludes halogenated alkanes) is 1. The van der Waals surface area contributed by atoms with Gasteiger partial charge in [-0.05, 0) is 51.3 Å². The zero-order valence-electron chi connectivity index (χ0n) is 10.7. The van der Waals surface area contributed by atoms with E-state index in [9.17, 15) is 0 Å². The topological polar surface area (TPSA) is 12.0 Å². The molecule has 0 spiro atoms. The van der Waals surface area contributed by atoms with Crippen LogP contribution < -0.4 is 5.32 Å². The van der Waals surface area contributed by atoms with Gasteiger partial charge in [-0.2, -0.15) is 11.8 Å². The quantitative estimate of drug-likeness (QED) is 0.539. The van der Waals surface area contributed by atoms with Crippen molar-refractivity contribution in [2.75, 3.05) is 12.3 Å². The fraction of sp³-hybridized carbons (Fsp3) is 0.857. The Hall–Kier alpha value is -0.130. The molecule has 1 N–H and O–H groups in total. The number of nitrogens with one attached hydrogen (secondary N) is 1. The van der Waals surface area contributed by atoms with E-state index in [4.69, 9.17) is 6.42 Å². The summed E-state index contributed by atoms with van der Waals surface area (Å²) in [4.78, 5) is 0. The summed E-state index contributed by atoms with van der Waals surface area (Å²) >= 11 is 2.15. The first-order chi connectivity index (χ1) is 7.73. The number of thioether (sulfide) groups is 1. The molecule has 1 saturated heterocycles. The second-order valence-corrected chi connectivity index (χ2v) is 6.50. The van der Waals surface area contributed by atoms with Gasteiger partial charge in [-0.3, -0.25) is 0 Å². The molecule has 0 bridgehead atoms. The third-order valence-corrected chi connectivity index (χ3v) is 5.08. The van der Waals surface area contributed by atoms with Gasteiger partial charge in [-0.15, -0.1) is 12.3 Å². The maximum absolute atomic E-state index is 5.33. The van der Waals surface area contributed by atoms with E-state index < -0.39 is 0 Å². The van der Waals surface area contributed by atoms with Crippen molar-refractivity contribution >= 4 is 11.8 Å². The fourth-order valence-electron chi connectivity index (χ4n) is 2.43. The average molecular weight is 239 g/mol. The van der Waals surface area contributed by atoms with Crippen LogP contribution in [0, 0.1) is 12.3 Å². The van der Waals surface area contributed by atoms with Crippen molar-refractivity contribution in [2.45, 2.75) is 63.2 Å². The van der Waals surface area contributed by atoms with Crippen LogP contribution in [0.4, 0.5) is 0 Å². The minimum absolute atomic E-state index is 0.448. The SMILES string of the molecule is C#CCCCC(NCCC)C1(C)CCCS1. The van der Waals surface area contributed by atoms with E-state index in [-0.39, 0.29) is 0 Å². The molecule has 2 unspecified atom stereocenters. The van der Waals surface area contributed by atoms with E-state index in [1.165, 1.54) is 31.4 Å². The molecule has 0 aromatic heterocycles. The van der Waals surface area contributed by atoms with Gasteiger partial charge in [0.15, 0.2) is 0 Å². The van der Waals surface area contributed by atoms with Crippen LogP contribution >= 0.6 is 11.8 Å². The molecule has 2 atom stereocenters. The fourth-order valence-corrected chi connectivity index (χ4v) is 3.87. The molecule has 0 aromatic rings. The second kappa shape index (κ2) is 7.25. The molecule has 0 aromatic carbocycles. The Morgan fingerprint density at radius 1 is 1.56 bits per heavy atom. The maximum Gasteiger partial charge on any atom is 0.0285 e. The Bertz CT molecular complexity index is 225. The van der Waals surface area contributed by atoms with Gasteiger partial charge in [0.2, 0.25) is 0 Å². The van der Waals surface area contributed by atoms with Gasteiger partial charge in [-0.1, -0.05) is 6.92 Å². The smallest absolute Gasteiger partial charge is 0.0285 e. The van der Waals surface area contributed by atoms with Crippen molar-refractivity contribution in [1.82, 2.24) is 5.32 Å². The lowest BCUT2D eigenvalue weighted by Gasteiger charge is -2.34. The minimum atomic E-state index is 0.448.